The summed E-state index contributed by atoms with van der Waals surface area (Å²) in [4.78, 5) is 11.8. The van der Waals surface area contributed by atoms with Gasteiger partial charge in [0.2, 0.25) is 0 Å². The zero-order valence-corrected chi connectivity index (χ0v) is 14.7. The van der Waals surface area contributed by atoms with Gasteiger partial charge in [-0.05, 0) is 61.7 Å². The number of hydrogen-bond donors (Lipinski definition) is 1. The van der Waals surface area contributed by atoms with Gasteiger partial charge in [-0.1, -0.05) is 45.8 Å². The predicted octanol–water partition coefficient (Wildman–Crippen LogP) is 4.76. The summed E-state index contributed by atoms with van der Waals surface area (Å²) < 4.78 is 0. The topological polar surface area (TPSA) is 37.3 Å². The van der Waals surface area contributed by atoms with E-state index in [4.69, 9.17) is 5.11 Å². The lowest BCUT2D eigenvalue weighted by atomic mass is 9.47. The van der Waals surface area contributed by atoms with Crippen molar-refractivity contribution >= 4 is 6.29 Å². The Morgan fingerprint density at radius 1 is 1.36 bits per heavy atom. The molecule has 2 fully saturated rings. The third kappa shape index (κ3) is 3.18. The van der Waals surface area contributed by atoms with Gasteiger partial charge in [-0.15, -0.1) is 0 Å². The first-order valence-electron chi connectivity index (χ1n) is 9.12. The van der Waals surface area contributed by atoms with E-state index in [9.17, 15) is 4.79 Å². The molecule has 2 heteroatoms. The zero-order valence-electron chi connectivity index (χ0n) is 14.7. The van der Waals surface area contributed by atoms with E-state index in [1.807, 2.05) is 0 Å². The Morgan fingerprint density at radius 2 is 2.09 bits per heavy atom. The second-order valence-corrected chi connectivity index (χ2v) is 8.48. The van der Waals surface area contributed by atoms with Gasteiger partial charge in [0.25, 0.3) is 0 Å². The summed E-state index contributed by atoms with van der Waals surface area (Å²) in [5, 5.41) is 9.11. The lowest BCUT2D eigenvalue weighted by molar-refractivity contribution is -0.130. The number of carbonyl (C=O) groups is 1. The van der Waals surface area contributed by atoms with Gasteiger partial charge >= 0.3 is 0 Å². The van der Waals surface area contributed by atoms with Crippen LogP contribution in [0.2, 0.25) is 0 Å². The fourth-order valence-corrected chi connectivity index (χ4v) is 5.49. The monoisotopic (exact) mass is 306 g/mol. The molecular weight excluding hydrogens is 272 g/mol. The molecule has 2 saturated carbocycles. The fourth-order valence-electron chi connectivity index (χ4n) is 5.49. The highest BCUT2D eigenvalue weighted by Crippen LogP contribution is 2.61. The van der Waals surface area contributed by atoms with Gasteiger partial charge < -0.3 is 9.90 Å². The number of aliphatic hydroxyl groups excluding tert-OH is 1. The minimum Gasteiger partial charge on any atom is -0.396 e. The molecule has 5 atom stereocenters. The van der Waals surface area contributed by atoms with Crippen LogP contribution in [0.25, 0.3) is 0 Å². The molecular formula is C20H34O2. The Kier molecular flexibility index (Phi) is 5.53. The first-order valence-corrected chi connectivity index (χ1v) is 9.12. The van der Waals surface area contributed by atoms with E-state index in [1.165, 1.54) is 24.7 Å². The van der Waals surface area contributed by atoms with Crippen molar-refractivity contribution in [3.05, 3.63) is 12.2 Å². The molecule has 1 N–H and O–H groups in total. The Balaban J connectivity index is 2.17. The van der Waals surface area contributed by atoms with E-state index >= 15 is 0 Å². The minimum atomic E-state index is -0.136. The summed E-state index contributed by atoms with van der Waals surface area (Å²) in [6, 6.07) is 0. The molecule has 2 aliphatic rings. The molecule has 0 spiro atoms. The van der Waals surface area contributed by atoms with Crippen LogP contribution >= 0.6 is 0 Å². The molecule has 126 valence electrons. The van der Waals surface area contributed by atoms with Crippen molar-refractivity contribution in [2.24, 2.45) is 28.6 Å². The SMILES string of the molecule is C=C1CCC2C(C)(C=O)CCCC2(C)C1CCC(C)CCO. The first kappa shape index (κ1) is 17.7. The minimum absolute atomic E-state index is 0.136. The number of carbonyl (C=O) groups excluding carboxylic acids is 1. The number of hydrogen-bond acceptors (Lipinski definition) is 2. The smallest absolute Gasteiger partial charge is 0.126 e. The van der Waals surface area contributed by atoms with E-state index < -0.39 is 0 Å². The molecule has 0 aromatic rings. The average molecular weight is 306 g/mol. The summed E-state index contributed by atoms with van der Waals surface area (Å²) in [6.07, 6.45) is 10.1. The summed E-state index contributed by atoms with van der Waals surface area (Å²) in [5.74, 6) is 1.63. The summed E-state index contributed by atoms with van der Waals surface area (Å²) >= 11 is 0. The Bertz CT molecular complexity index is 416. The molecule has 0 bridgehead atoms. The second kappa shape index (κ2) is 6.86. The Morgan fingerprint density at radius 3 is 2.73 bits per heavy atom. The highest BCUT2D eigenvalue weighted by molar-refractivity contribution is 5.60. The van der Waals surface area contributed by atoms with Crippen LogP contribution in [0, 0.1) is 28.6 Å². The Hall–Kier alpha value is -0.630. The predicted molar refractivity (Wildman–Crippen MR) is 91.6 cm³/mol. The van der Waals surface area contributed by atoms with E-state index in [2.05, 4.69) is 27.4 Å². The molecule has 0 amide bonds. The summed E-state index contributed by atoms with van der Waals surface area (Å²) in [5.41, 5.74) is 1.51. The van der Waals surface area contributed by atoms with Gasteiger partial charge in [-0.2, -0.15) is 0 Å². The third-order valence-electron chi connectivity index (χ3n) is 6.91. The van der Waals surface area contributed by atoms with Gasteiger partial charge in [0.05, 0.1) is 0 Å². The molecule has 0 radical (unpaired) electrons. The molecule has 2 nitrogen and oxygen atoms in total. The van der Waals surface area contributed by atoms with Crippen molar-refractivity contribution in [2.75, 3.05) is 6.61 Å². The quantitative estimate of drug-likeness (QED) is 0.567. The third-order valence-corrected chi connectivity index (χ3v) is 6.91. The molecule has 5 unspecified atom stereocenters. The Labute approximate surface area is 136 Å². The number of fused-ring (bicyclic) bond motifs is 1. The fraction of sp³-hybridized carbons (Fsp3) is 0.850. The van der Waals surface area contributed by atoms with Crippen LogP contribution in [-0.2, 0) is 4.79 Å². The van der Waals surface area contributed by atoms with E-state index in [1.54, 1.807) is 0 Å². The van der Waals surface area contributed by atoms with Crippen LogP contribution in [0.5, 0.6) is 0 Å². The molecule has 0 heterocycles. The van der Waals surface area contributed by atoms with Crippen LogP contribution in [0.4, 0.5) is 0 Å². The van der Waals surface area contributed by atoms with Crippen LogP contribution in [0.3, 0.4) is 0 Å². The van der Waals surface area contributed by atoms with Crippen molar-refractivity contribution in [3.8, 4) is 0 Å². The van der Waals surface area contributed by atoms with Crippen molar-refractivity contribution in [2.45, 2.75) is 72.1 Å². The molecule has 2 rings (SSSR count). The van der Waals surface area contributed by atoms with Crippen LogP contribution in [-0.4, -0.2) is 18.0 Å². The molecule has 0 aliphatic heterocycles. The lowest BCUT2D eigenvalue weighted by Crippen LogP contribution is -2.51. The molecule has 0 aromatic carbocycles. The molecule has 0 aromatic heterocycles. The number of aliphatic hydroxyl groups is 1. The van der Waals surface area contributed by atoms with Crippen molar-refractivity contribution in [1.82, 2.24) is 0 Å². The van der Waals surface area contributed by atoms with Crippen molar-refractivity contribution in [1.29, 1.82) is 0 Å². The van der Waals surface area contributed by atoms with Crippen molar-refractivity contribution in [3.63, 3.8) is 0 Å². The maximum absolute atomic E-state index is 11.8. The molecule has 22 heavy (non-hydrogen) atoms. The zero-order chi connectivity index (χ0) is 16.4. The first-order chi connectivity index (χ1) is 10.4. The van der Waals surface area contributed by atoms with Gasteiger partial charge in [-0.25, -0.2) is 0 Å². The van der Waals surface area contributed by atoms with E-state index in [0.717, 1.165) is 38.5 Å². The number of aldehydes is 1. The summed E-state index contributed by atoms with van der Waals surface area (Å²) in [7, 11) is 0. The second-order valence-electron chi connectivity index (χ2n) is 8.48. The molecule has 2 aliphatic carbocycles. The normalized spacial score (nSPS) is 40.1. The maximum atomic E-state index is 11.8. The lowest BCUT2D eigenvalue weighted by Gasteiger charge is -2.57. The average Bonchev–Trinajstić information content (AvgIpc) is 2.46. The number of allylic oxidation sites excluding steroid dienone is 1. The largest absolute Gasteiger partial charge is 0.396 e. The van der Waals surface area contributed by atoms with Gasteiger partial charge in [-0.3, -0.25) is 0 Å². The van der Waals surface area contributed by atoms with E-state index in [0.29, 0.717) is 17.8 Å². The summed E-state index contributed by atoms with van der Waals surface area (Å²) in [6.45, 7) is 11.5. The number of rotatable bonds is 6. The van der Waals surface area contributed by atoms with Crippen molar-refractivity contribution < 1.29 is 9.90 Å². The molecule has 0 saturated heterocycles. The standard InChI is InChI=1S/C20H34O2/c1-15(10-13-21)6-8-17-16(2)7-9-18-19(3,14-22)11-5-12-20(17,18)4/h14-15,17-18,21H,2,5-13H2,1,3-4H3. The van der Waals surface area contributed by atoms with Crippen LogP contribution < -0.4 is 0 Å². The van der Waals surface area contributed by atoms with Gasteiger partial charge in [0.1, 0.15) is 6.29 Å². The highest BCUT2D eigenvalue weighted by atomic mass is 16.3. The van der Waals surface area contributed by atoms with Crippen LogP contribution in [0.15, 0.2) is 12.2 Å². The van der Waals surface area contributed by atoms with Crippen LogP contribution in [0.1, 0.15) is 72.1 Å². The van der Waals surface area contributed by atoms with Gasteiger partial charge in [0.15, 0.2) is 0 Å². The van der Waals surface area contributed by atoms with Gasteiger partial charge in [0, 0.05) is 12.0 Å². The van der Waals surface area contributed by atoms with E-state index in [-0.39, 0.29) is 17.4 Å². The highest BCUT2D eigenvalue weighted by Gasteiger charge is 2.54. The maximum Gasteiger partial charge on any atom is 0.126 e.